The molecule has 1 heterocycles. The lowest BCUT2D eigenvalue weighted by atomic mass is 9.82. The molecule has 6 nitrogen and oxygen atoms in total. The highest BCUT2D eigenvalue weighted by atomic mass is 35.5. The largest absolute Gasteiger partial charge is 0.495 e. The Morgan fingerprint density at radius 1 is 1.10 bits per heavy atom. The molecule has 2 bridgehead atoms. The first-order valence-corrected chi connectivity index (χ1v) is 10.6. The van der Waals surface area contributed by atoms with E-state index < -0.39 is 0 Å². The van der Waals surface area contributed by atoms with Crippen LogP contribution in [0.5, 0.6) is 5.75 Å². The Kier molecular flexibility index (Phi) is 4.63. The van der Waals surface area contributed by atoms with Gasteiger partial charge >= 0.3 is 0 Å². The summed E-state index contributed by atoms with van der Waals surface area (Å²) in [7, 11) is 1.51. The fourth-order valence-corrected chi connectivity index (χ4v) is 5.44. The normalized spacial score (nSPS) is 26.2. The van der Waals surface area contributed by atoms with E-state index in [0.717, 1.165) is 6.42 Å². The molecule has 4 atom stereocenters. The molecule has 1 aliphatic heterocycles. The maximum Gasteiger partial charge on any atom is 0.255 e. The zero-order valence-electron chi connectivity index (χ0n) is 17.1. The van der Waals surface area contributed by atoms with Crippen LogP contribution in [-0.2, 0) is 9.59 Å². The second-order valence-electron chi connectivity index (χ2n) is 8.33. The number of allylic oxidation sites excluding steroid dienone is 2. The second kappa shape index (κ2) is 7.24. The van der Waals surface area contributed by atoms with Crippen molar-refractivity contribution in [2.24, 2.45) is 23.7 Å². The standard InChI is InChI=1S/C24H21ClN2O4/c1-12-9-14-10-17(12)21-20(14)23(29)27(24(21)30)16-6-3-13(4-7-16)22(28)26-18-11-15(25)5-8-19(18)31-2/h3-9,11,14,17,20-21H,10H2,1-2H3,(H,26,28)/t14-,17+,20+,21+/m0/s1. The number of rotatable bonds is 4. The van der Waals surface area contributed by atoms with E-state index in [0.29, 0.717) is 27.7 Å². The van der Waals surface area contributed by atoms with Gasteiger partial charge in [0.1, 0.15) is 5.75 Å². The summed E-state index contributed by atoms with van der Waals surface area (Å²) in [4.78, 5) is 40.1. The van der Waals surface area contributed by atoms with Gasteiger partial charge in [-0.15, -0.1) is 0 Å². The summed E-state index contributed by atoms with van der Waals surface area (Å²) in [6.45, 7) is 2.05. The monoisotopic (exact) mass is 436 g/mol. The van der Waals surface area contributed by atoms with Crippen LogP contribution in [0, 0.1) is 23.7 Å². The third kappa shape index (κ3) is 3.05. The van der Waals surface area contributed by atoms with Crippen molar-refractivity contribution in [2.75, 3.05) is 17.3 Å². The lowest BCUT2D eigenvalue weighted by Crippen LogP contribution is -2.33. The molecule has 2 fully saturated rings. The number of amides is 3. The number of fused-ring (bicyclic) bond motifs is 5. The number of nitrogens with one attached hydrogen (secondary N) is 1. The molecule has 3 amide bonds. The fraction of sp³-hybridized carbons (Fsp3) is 0.292. The molecule has 5 rings (SSSR count). The molecule has 2 aliphatic carbocycles. The third-order valence-electron chi connectivity index (χ3n) is 6.68. The topological polar surface area (TPSA) is 75.7 Å². The van der Waals surface area contributed by atoms with Crippen molar-refractivity contribution in [1.29, 1.82) is 0 Å². The van der Waals surface area contributed by atoms with Crippen LogP contribution in [0.4, 0.5) is 11.4 Å². The number of hydrogen-bond acceptors (Lipinski definition) is 4. The first kappa shape index (κ1) is 19.8. The van der Waals surface area contributed by atoms with Gasteiger partial charge < -0.3 is 10.1 Å². The summed E-state index contributed by atoms with van der Waals surface area (Å²) in [5.74, 6) is -0.278. The Morgan fingerprint density at radius 2 is 1.81 bits per heavy atom. The van der Waals surface area contributed by atoms with Gasteiger partial charge in [-0.25, -0.2) is 0 Å². The minimum atomic E-state index is -0.346. The van der Waals surface area contributed by atoms with Crippen LogP contribution in [0.1, 0.15) is 23.7 Å². The molecule has 0 radical (unpaired) electrons. The minimum absolute atomic E-state index is 0.129. The van der Waals surface area contributed by atoms with Crippen LogP contribution in [-0.4, -0.2) is 24.8 Å². The van der Waals surface area contributed by atoms with Gasteiger partial charge in [-0.2, -0.15) is 0 Å². The Bertz CT molecular complexity index is 1140. The maximum absolute atomic E-state index is 13.1. The highest BCUT2D eigenvalue weighted by molar-refractivity contribution is 6.31. The van der Waals surface area contributed by atoms with E-state index in [9.17, 15) is 14.4 Å². The van der Waals surface area contributed by atoms with Crippen LogP contribution < -0.4 is 15.0 Å². The van der Waals surface area contributed by atoms with Crippen LogP contribution in [0.2, 0.25) is 5.02 Å². The van der Waals surface area contributed by atoms with Crippen molar-refractivity contribution in [2.45, 2.75) is 13.3 Å². The van der Waals surface area contributed by atoms with E-state index >= 15 is 0 Å². The van der Waals surface area contributed by atoms with Gasteiger partial charge in [0.15, 0.2) is 0 Å². The summed E-state index contributed by atoms with van der Waals surface area (Å²) in [6.07, 6.45) is 3.05. The Hall–Kier alpha value is -3.12. The van der Waals surface area contributed by atoms with Crippen molar-refractivity contribution in [3.8, 4) is 5.75 Å². The average Bonchev–Trinajstić information content (AvgIpc) is 3.39. The molecule has 2 aromatic rings. The highest BCUT2D eigenvalue weighted by Gasteiger charge is 2.60. The quantitative estimate of drug-likeness (QED) is 0.572. The predicted octanol–water partition coefficient (Wildman–Crippen LogP) is 4.30. The first-order valence-electron chi connectivity index (χ1n) is 10.2. The number of imide groups is 1. The number of ether oxygens (including phenoxy) is 1. The lowest BCUT2D eigenvalue weighted by Gasteiger charge is -2.19. The molecule has 2 aromatic carbocycles. The van der Waals surface area contributed by atoms with Gasteiger partial charge in [-0.3, -0.25) is 19.3 Å². The number of hydrogen-bond donors (Lipinski definition) is 1. The van der Waals surface area contributed by atoms with Gasteiger partial charge in [-0.05, 0) is 67.6 Å². The Balaban J connectivity index is 1.35. The van der Waals surface area contributed by atoms with E-state index in [2.05, 4.69) is 11.4 Å². The van der Waals surface area contributed by atoms with E-state index in [1.807, 2.05) is 6.92 Å². The number of anilines is 2. The first-order chi connectivity index (χ1) is 14.9. The minimum Gasteiger partial charge on any atom is -0.495 e. The van der Waals surface area contributed by atoms with E-state index in [1.165, 1.54) is 17.6 Å². The molecule has 1 saturated carbocycles. The van der Waals surface area contributed by atoms with Crippen molar-refractivity contribution in [1.82, 2.24) is 0 Å². The van der Waals surface area contributed by atoms with E-state index in [-0.39, 0.29) is 41.4 Å². The molecular weight excluding hydrogens is 416 g/mol. The summed E-state index contributed by atoms with van der Waals surface area (Å²) in [5, 5.41) is 3.25. The van der Waals surface area contributed by atoms with Crippen LogP contribution >= 0.6 is 11.6 Å². The van der Waals surface area contributed by atoms with Crippen LogP contribution in [0.15, 0.2) is 54.1 Å². The highest BCUT2D eigenvalue weighted by Crippen LogP contribution is 2.55. The molecular formula is C24H21ClN2O4. The third-order valence-corrected chi connectivity index (χ3v) is 6.91. The van der Waals surface area contributed by atoms with Gasteiger partial charge in [0.25, 0.3) is 5.91 Å². The number of carbonyl (C=O) groups excluding carboxylic acids is 3. The molecule has 158 valence electrons. The zero-order chi connectivity index (χ0) is 21.9. The smallest absolute Gasteiger partial charge is 0.255 e. The van der Waals surface area contributed by atoms with Crippen molar-refractivity contribution in [3.05, 3.63) is 64.7 Å². The number of halogens is 1. The molecule has 0 aromatic heterocycles. The van der Waals surface area contributed by atoms with Crippen molar-refractivity contribution < 1.29 is 19.1 Å². The zero-order valence-corrected chi connectivity index (χ0v) is 17.8. The van der Waals surface area contributed by atoms with E-state index in [1.54, 1.807) is 42.5 Å². The lowest BCUT2D eigenvalue weighted by molar-refractivity contribution is -0.123. The van der Waals surface area contributed by atoms with Crippen LogP contribution in [0.25, 0.3) is 0 Å². The molecule has 3 aliphatic rings. The van der Waals surface area contributed by atoms with E-state index in [4.69, 9.17) is 16.3 Å². The molecule has 1 saturated heterocycles. The molecule has 0 unspecified atom stereocenters. The molecule has 0 spiro atoms. The second-order valence-corrected chi connectivity index (χ2v) is 8.76. The molecule has 7 heteroatoms. The van der Waals surface area contributed by atoms with Gasteiger partial charge in [0.05, 0.1) is 30.3 Å². The number of benzene rings is 2. The van der Waals surface area contributed by atoms with Crippen molar-refractivity contribution >= 4 is 40.7 Å². The summed E-state index contributed by atoms with van der Waals surface area (Å²) in [5.41, 5.74) is 2.57. The summed E-state index contributed by atoms with van der Waals surface area (Å²) < 4.78 is 5.25. The molecule has 31 heavy (non-hydrogen) atoms. The summed E-state index contributed by atoms with van der Waals surface area (Å²) >= 11 is 6.02. The van der Waals surface area contributed by atoms with Crippen molar-refractivity contribution in [3.63, 3.8) is 0 Å². The Morgan fingerprint density at radius 3 is 2.52 bits per heavy atom. The SMILES string of the molecule is COc1ccc(Cl)cc1NC(=O)c1ccc(N2C(=O)[C@H]3[C@H](C2=O)[C@H]2C=C(C)[C@H]3C2)cc1. The number of nitrogens with zero attached hydrogens (tertiary/aromatic N) is 1. The van der Waals surface area contributed by atoms with Gasteiger partial charge in [-0.1, -0.05) is 23.3 Å². The Labute approximate surface area is 184 Å². The summed E-state index contributed by atoms with van der Waals surface area (Å²) in [6, 6.07) is 11.5. The fourth-order valence-electron chi connectivity index (χ4n) is 5.26. The van der Waals surface area contributed by atoms with Gasteiger partial charge in [0, 0.05) is 10.6 Å². The molecule has 1 N–H and O–H groups in total. The maximum atomic E-state index is 13.1. The van der Waals surface area contributed by atoms with Crippen LogP contribution in [0.3, 0.4) is 0 Å². The average molecular weight is 437 g/mol. The predicted molar refractivity (Wildman–Crippen MR) is 117 cm³/mol. The number of methoxy groups -OCH3 is 1. The number of carbonyl (C=O) groups is 3. The van der Waals surface area contributed by atoms with Gasteiger partial charge in [0.2, 0.25) is 11.8 Å².